The Bertz CT molecular complexity index is 382. The molecule has 0 spiro atoms. The van der Waals surface area contributed by atoms with Crippen LogP contribution in [-0.2, 0) is 14.4 Å². The van der Waals surface area contributed by atoms with Gasteiger partial charge in [-0.3, -0.25) is 19.7 Å². The number of hydrogen-bond donors (Lipinski definition) is 4. The van der Waals surface area contributed by atoms with Gasteiger partial charge in [0.2, 0.25) is 11.8 Å². The summed E-state index contributed by atoms with van der Waals surface area (Å²) in [6.45, 7) is 4.21. The summed E-state index contributed by atoms with van der Waals surface area (Å²) in [6, 6.07) is -0.738. The van der Waals surface area contributed by atoms with Crippen molar-refractivity contribution in [3.63, 3.8) is 0 Å². The molecule has 8 heteroatoms. The van der Waals surface area contributed by atoms with Crippen LogP contribution >= 0.6 is 0 Å². The molecule has 0 aliphatic heterocycles. The van der Waals surface area contributed by atoms with Crippen LogP contribution in [0.25, 0.3) is 0 Å². The molecular formula is C13H23N3O5. The zero-order valence-electron chi connectivity index (χ0n) is 12.4. The molecule has 8 nitrogen and oxygen atoms in total. The Labute approximate surface area is 123 Å². The maximum atomic E-state index is 11.3. The number of rotatable bonds is 9. The molecule has 0 unspecified atom stereocenters. The molecular weight excluding hydrogens is 278 g/mol. The van der Waals surface area contributed by atoms with Gasteiger partial charge in [-0.05, 0) is 18.8 Å². The van der Waals surface area contributed by atoms with Crippen LogP contribution in [0.4, 0.5) is 4.79 Å². The highest BCUT2D eigenvalue weighted by Gasteiger charge is 2.09. The summed E-state index contributed by atoms with van der Waals surface area (Å²) in [6.07, 6.45) is 0.831. The zero-order valence-corrected chi connectivity index (χ0v) is 12.4. The molecule has 0 fully saturated rings. The van der Waals surface area contributed by atoms with E-state index in [4.69, 9.17) is 5.11 Å². The second-order valence-electron chi connectivity index (χ2n) is 5.03. The minimum absolute atomic E-state index is 0.00447. The molecule has 0 radical (unpaired) electrons. The van der Waals surface area contributed by atoms with Gasteiger partial charge in [0, 0.05) is 19.4 Å². The summed E-state index contributed by atoms with van der Waals surface area (Å²) in [7, 11) is 0. The van der Waals surface area contributed by atoms with Crippen LogP contribution < -0.4 is 16.0 Å². The second kappa shape index (κ2) is 10.6. The van der Waals surface area contributed by atoms with Gasteiger partial charge >= 0.3 is 12.0 Å². The minimum atomic E-state index is -0.916. The molecule has 0 heterocycles. The summed E-state index contributed by atoms with van der Waals surface area (Å²) in [5.74, 6) is -1.43. The Hall–Kier alpha value is -2.12. The molecule has 0 aliphatic rings. The second-order valence-corrected chi connectivity index (χ2v) is 5.03. The molecule has 4 N–H and O–H groups in total. The van der Waals surface area contributed by atoms with Crippen LogP contribution in [0.15, 0.2) is 0 Å². The van der Waals surface area contributed by atoms with E-state index < -0.39 is 17.9 Å². The third-order valence-corrected chi connectivity index (χ3v) is 2.41. The van der Waals surface area contributed by atoms with E-state index in [9.17, 15) is 19.2 Å². The normalized spacial score (nSPS) is 10.0. The number of carboxylic acids is 1. The Kier molecular flexibility index (Phi) is 9.57. The van der Waals surface area contributed by atoms with E-state index in [1.807, 2.05) is 13.8 Å². The maximum absolute atomic E-state index is 11.3. The highest BCUT2D eigenvalue weighted by molar-refractivity contribution is 5.95. The molecule has 0 bridgehead atoms. The fourth-order valence-corrected chi connectivity index (χ4v) is 1.34. The van der Waals surface area contributed by atoms with E-state index >= 15 is 0 Å². The van der Waals surface area contributed by atoms with E-state index in [2.05, 4.69) is 16.0 Å². The number of amides is 4. The monoisotopic (exact) mass is 301 g/mol. The number of carbonyl (C=O) groups is 4. The number of imide groups is 1. The standard InChI is InChI=1S/C13H23N3O5/c1-9(2)7-14-11(18)8-15-13(21)16-10(17)5-3-4-6-12(19)20/h9H,3-8H2,1-2H3,(H,14,18)(H,19,20)(H2,15,16,17,21). The van der Waals surface area contributed by atoms with E-state index in [1.54, 1.807) is 0 Å². The lowest BCUT2D eigenvalue weighted by atomic mass is 10.2. The lowest BCUT2D eigenvalue weighted by Crippen LogP contribution is -2.44. The predicted octanol–water partition coefficient (Wildman–Crippen LogP) is 0.229. The van der Waals surface area contributed by atoms with Crippen LogP contribution in [0.2, 0.25) is 0 Å². The van der Waals surface area contributed by atoms with E-state index in [1.165, 1.54) is 0 Å². The molecule has 0 aliphatic carbocycles. The number of aliphatic carboxylic acids is 1. The summed E-state index contributed by atoms with van der Waals surface area (Å²) in [5.41, 5.74) is 0. The summed E-state index contributed by atoms with van der Waals surface area (Å²) < 4.78 is 0. The first kappa shape index (κ1) is 18.9. The van der Waals surface area contributed by atoms with Crippen molar-refractivity contribution < 1.29 is 24.3 Å². The largest absolute Gasteiger partial charge is 0.481 e. The molecule has 4 amide bonds. The summed E-state index contributed by atoms with van der Waals surface area (Å²) in [4.78, 5) is 44.2. The SMILES string of the molecule is CC(C)CNC(=O)CNC(=O)NC(=O)CCCCC(=O)O. The van der Waals surface area contributed by atoms with Crippen LogP contribution in [-0.4, -0.2) is 42.0 Å². The van der Waals surface area contributed by atoms with Gasteiger partial charge in [0.15, 0.2) is 0 Å². The highest BCUT2D eigenvalue weighted by Crippen LogP contribution is 1.99. The van der Waals surface area contributed by atoms with Crippen LogP contribution in [0.1, 0.15) is 39.5 Å². The molecule has 0 saturated heterocycles. The van der Waals surface area contributed by atoms with Crippen molar-refractivity contribution in [2.75, 3.05) is 13.1 Å². The van der Waals surface area contributed by atoms with Crippen molar-refractivity contribution in [1.29, 1.82) is 0 Å². The fourth-order valence-electron chi connectivity index (χ4n) is 1.34. The van der Waals surface area contributed by atoms with Gasteiger partial charge in [0.25, 0.3) is 0 Å². The smallest absolute Gasteiger partial charge is 0.321 e. The average molecular weight is 301 g/mol. The lowest BCUT2D eigenvalue weighted by molar-refractivity contribution is -0.137. The highest BCUT2D eigenvalue weighted by atomic mass is 16.4. The van der Waals surface area contributed by atoms with Crippen molar-refractivity contribution >= 4 is 23.8 Å². The van der Waals surface area contributed by atoms with Gasteiger partial charge in [0.1, 0.15) is 0 Å². The lowest BCUT2D eigenvalue weighted by Gasteiger charge is -2.09. The third kappa shape index (κ3) is 12.6. The molecule has 0 aromatic carbocycles. The summed E-state index contributed by atoms with van der Waals surface area (Å²) in [5, 5.41) is 15.4. The van der Waals surface area contributed by atoms with Crippen molar-refractivity contribution in [3.05, 3.63) is 0 Å². The summed E-state index contributed by atoms with van der Waals surface area (Å²) >= 11 is 0. The van der Waals surface area contributed by atoms with Crippen LogP contribution in [0.3, 0.4) is 0 Å². The Morgan fingerprint density at radius 2 is 1.57 bits per heavy atom. The van der Waals surface area contributed by atoms with Crippen molar-refractivity contribution in [2.45, 2.75) is 39.5 Å². The number of unbranched alkanes of at least 4 members (excludes halogenated alkanes) is 1. The van der Waals surface area contributed by atoms with Gasteiger partial charge in [-0.15, -0.1) is 0 Å². The van der Waals surface area contributed by atoms with E-state index in [0.29, 0.717) is 25.3 Å². The molecule has 0 aromatic rings. The number of carbonyl (C=O) groups excluding carboxylic acids is 3. The van der Waals surface area contributed by atoms with Gasteiger partial charge in [-0.2, -0.15) is 0 Å². The first-order valence-electron chi connectivity index (χ1n) is 6.87. The number of hydrogen-bond acceptors (Lipinski definition) is 4. The van der Waals surface area contributed by atoms with Crippen molar-refractivity contribution in [3.8, 4) is 0 Å². The van der Waals surface area contributed by atoms with Gasteiger partial charge in [0.05, 0.1) is 6.54 Å². The topological polar surface area (TPSA) is 125 Å². The molecule has 120 valence electrons. The molecule has 0 aromatic heterocycles. The first-order chi connectivity index (χ1) is 9.81. The Morgan fingerprint density at radius 1 is 0.952 bits per heavy atom. The average Bonchev–Trinajstić information content (AvgIpc) is 2.38. The maximum Gasteiger partial charge on any atom is 0.321 e. The van der Waals surface area contributed by atoms with E-state index in [0.717, 1.165) is 0 Å². The Balaban J connectivity index is 3.70. The van der Waals surface area contributed by atoms with Crippen molar-refractivity contribution in [2.24, 2.45) is 5.92 Å². The third-order valence-electron chi connectivity index (χ3n) is 2.41. The van der Waals surface area contributed by atoms with Crippen LogP contribution in [0, 0.1) is 5.92 Å². The molecule has 21 heavy (non-hydrogen) atoms. The fraction of sp³-hybridized carbons (Fsp3) is 0.692. The number of urea groups is 1. The zero-order chi connectivity index (χ0) is 16.3. The predicted molar refractivity (Wildman–Crippen MR) is 75.5 cm³/mol. The van der Waals surface area contributed by atoms with Gasteiger partial charge in [-0.1, -0.05) is 13.8 Å². The quantitative estimate of drug-likeness (QED) is 0.454. The van der Waals surface area contributed by atoms with Crippen molar-refractivity contribution in [1.82, 2.24) is 16.0 Å². The van der Waals surface area contributed by atoms with Gasteiger partial charge < -0.3 is 15.7 Å². The first-order valence-corrected chi connectivity index (χ1v) is 6.87. The minimum Gasteiger partial charge on any atom is -0.481 e. The molecule has 0 rings (SSSR count). The number of nitrogens with one attached hydrogen (secondary N) is 3. The number of carboxylic acid groups (broad SMARTS) is 1. The van der Waals surface area contributed by atoms with Crippen LogP contribution in [0.5, 0.6) is 0 Å². The molecule has 0 saturated carbocycles. The molecule has 0 atom stereocenters. The van der Waals surface area contributed by atoms with E-state index in [-0.39, 0.29) is 25.3 Å². The van der Waals surface area contributed by atoms with Gasteiger partial charge in [-0.25, -0.2) is 4.79 Å². The Morgan fingerprint density at radius 3 is 2.14 bits per heavy atom.